The smallest absolute Gasteiger partial charge is 0.326 e. The van der Waals surface area contributed by atoms with Crippen molar-refractivity contribution < 1.29 is 9.53 Å². The van der Waals surface area contributed by atoms with E-state index in [1.165, 1.54) is 6.42 Å². The zero-order valence-electron chi connectivity index (χ0n) is 10.9. The normalized spacial score (nSPS) is 20.1. The van der Waals surface area contributed by atoms with Crippen molar-refractivity contribution >= 4 is 5.97 Å². The van der Waals surface area contributed by atoms with Crippen LogP contribution in [0.3, 0.4) is 0 Å². The van der Waals surface area contributed by atoms with E-state index >= 15 is 0 Å². The first-order valence-corrected chi connectivity index (χ1v) is 6.67. The number of ether oxygens (including phenoxy) is 1. The Kier molecular flexibility index (Phi) is 4.02. The first-order chi connectivity index (χ1) is 8.62. The van der Waals surface area contributed by atoms with Gasteiger partial charge in [0.1, 0.15) is 11.6 Å². The van der Waals surface area contributed by atoms with E-state index in [4.69, 9.17) is 10.5 Å². The van der Waals surface area contributed by atoms with Crippen molar-refractivity contribution in [1.29, 1.82) is 0 Å². The minimum Gasteiger partial charge on any atom is -0.456 e. The highest BCUT2D eigenvalue weighted by molar-refractivity contribution is 5.80. The molecule has 1 atom stereocenters. The topological polar surface area (TPSA) is 52.3 Å². The van der Waals surface area contributed by atoms with Crippen LogP contribution in [-0.4, -0.2) is 11.5 Å². The molecule has 0 heterocycles. The molecule has 1 unspecified atom stereocenters. The third-order valence-corrected chi connectivity index (χ3v) is 3.71. The second kappa shape index (κ2) is 5.53. The summed E-state index contributed by atoms with van der Waals surface area (Å²) in [5.41, 5.74) is 6.40. The fraction of sp³-hybridized carbons (Fsp3) is 0.533. The summed E-state index contributed by atoms with van der Waals surface area (Å²) in [6.07, 6.45) is 4.46. The number of rotatable bonds is 3. The molecule has 1 aromatic rings. The highest BCUT2D eigenvalue weighted by Gasteiger charge is 2.37. The molecule has 0 radical (unpaired) electrons. The molecule has 98 valence electrons. The maximum absolute atomic E-state index is 12.2. The molecular formula is C15H21NO2. The standard InChI is InChI=1S/C15H21NO2/c1-12(13-8-4-2-5-9-13)18-14(17)15(16)10-6-3-7-11-15/h2,4-5,8-9,12H,3,6-7,10-11,16H2,1H3. The Morgan fingerprint density at radius 3 is 2.44 bits per heavy atom. The summed E-state index contributed by atoms with van der Waals surface area (Å²) in [5.74, 6) is -0.251. The van der Waals surface area contributed by atoms with Crippen molar-refractivity contribution in [1.82, 2.24) is 0 Å². The van der Waals surface area contributed by atoms with Crippen LogP contribution in [-0.2, 0) is 9.53 Å². The Morgan fingerprint density at radius 2 is 1.83 bits per heavy atom. The first kappa shape index (κ1) is 13.1. The summed E-state index contributed by atoms with van der Waals surface area (Å²) in [6, 6.07) is 9.75. The van der Waals surface area contributed by atoms with E-state index in [9.17, 15) is 4.79 Å². The number of hydrogen-bond donors (Lipinski definition) is 1. The molecule has 1 aliphatic rings. The van der Waals surface area contributed by atoms with Crippen molar-refractivity contribution in [2.45, 2.75) is 50.7 Å². The number of carbonyl (C=O) groups excluding carboxylic acids is 1. The average Bonchev–Trinajstić information content (AvgIpc) is 2.40. The van der Waals surface area contributed by atoms with Crippen molar-refractivity contribution in [3.8, 4) is 0 Å². The number of hydrogen-bond acceptors (Lipinski definition) is 3. The molecule has 0 amide bonds. The summed E-state index contributed by atoms with van der Waals surface area (Å²) >= 11 is 0. The molecule has 0 saturated heterocycles. The molecule has 0 aliphatic heterocycles. The second-order valence-electron chi connectivity index (χ2n) is 5.18. The molecule has 3 nitrogen and oxygen atoms in total. The molecule has 18 heavy (non-hydrogen) atoms. The Labute approximate surface area is 108 Å². The van der Waals surface area contributed by atoms with Gasteiger partial charge in [-0.05, 0) is 25.3 Å². The molecular weight excluding hydrogens is 226 g/mol. The highest BCUT2D eigenvalue weighted by Crippen LogP contribution is 2.29. The predicted molar refractivity (Wildman–Crippen MR) is 71.0 cm³/mol. The van der Waals surface area contributed by atoms with Gasteiger partial charge in [-0.3, -0.25) is 4.79 Å². The largest absolute Gasteiger partial charge is 0.456 e. The van der Waals surface area contributed by atoms with Crippen molar-refractivity contribution in [2.24, 2.45) is 5.73 Å². The maximum Gasteiger partial charge on any atom is 0.326 e. The zero-order valence-corrected chi connectivity index (χ0v) is 10.9. The van der Waals surface area contributed by atoms with Crippen molar-refractivity contribution in [3.63, 3.8) is 0 Å². The molecule has 0 aromatic heterocycles. The van der Waals surface area contributed by atoms with Gasteiger partial charge in [-0.1, -0.05) is 49.6 Å². The summed E-state index contributed by atoms with van der Waals surface area (Å²) in [6.45, 7) is 1.89. The van der Waals surface area contributed by atoms with Gasteiger partial charge in [-0.2, -0.15) is 0 Å². The molecule has 2 N–H and O–H groups in total. The van der Waals surface area contributed by atoms with Crippen LogP contribution in [0.25, 0.3) is 0 Å². The third-order valence-electron chi connectivity index (χ3n) is 3.71. The zero-order chi connectivity index (χ0) is 13.0. The second-order valence-corrected chi connectivity index (χ2v) is 5.18. The predicted octanol–water partition coefficient (Wildman–Crippen LogP) is 2.95. The summed E-state index contributed by atoms with van der Waals surface area (Å²) in [5, 5.41) is 0. The van der Waals surface area contributed by atoms with Gasteiger partial charge in [0.05, 0.1) is 0 Å². The molecule has 3 heteroatoms. The van der Waals surface area contributed by atoms with Gasteiger partial charge in [0.15, 0.2) is 0 Å². The minimum atomic E-state index is -0.763. The summed E-state index contributed by atoms with van der Waals surface area (Å²) < 4.78 is 5.51. The first-order valence-electron chi connectivity index (χ1n) is 6.67. The Morgan fingerprint density at radius 1 is 1.22 bits per heavy atom. The average molecular weight is 247 g/mol. The lowest BCUT2D eigenvalue weighted by Crippen LogP contribution is -2.50. The lowest BCUT2D eigenvalue weighted by Gasteiger charge is -2.32. The van der Waals surface area contributed by atoms with Crippen LogP contribution in [0.1, 0.15) is 50.7 Å². The van der Waals surface area contributed by atoms with E-state index in [0.717, 1.165) is 31.2 Å². The SMILES string of the molecule is CC(OC(=O)C1(N)CCCCC1)c1ccccc1. The van der Waals surface area contributed by atoms with Crippen LogP contribution in [0.2, 0.25) is 0 Å². The van der Waals surface area contributed by atoms with Gasteiger partial charge in [-0.25, -0.2) is 0 Å². The fourth-order valence-electron chi connectivity index (χ4n) is 2.46. The molecule has 1 saturated carbocycles. The number of carbonyl (C=O) groups is 1. The van der Waals surface area contributed by atoms with Crippen LogP contribution in [0.15, 0.2) is 30.3 Å². The van der Waals surface area contributed by atoms with Crippen LogP contribution < -0.4 is 5.73 Å². The van der Waals surface area contributed by atoms with E-state index < -0.39 is 5.54 Å². The molecule has 0 bridgehead atoms. The number of benzene rings is 1. The van der Waals surface area contributed by atoms with Crippen molar-refractivity contribution in [3.05, 3.63) is 35.9 Å². The van der Waals surface area contributed by atoms with E-state index in [0.29, 0.717) is 0 Å². The monoisotopic (exact) mass is 247 g/mol. The Hall–Kier alpha value is -1.35. The van der Waals surface area contributed by atoms with Crippen LogP contribution >= 0.6 is 0 Å². The van der Waals surface area contributed by atoms with Gasteiger partial charge in [-0.15, -0.1) is 0 Å². The Balaban J connectivity index is 1.98. The highest BCUT2D eigenvalue weighted by atomic mass is 16.5. The van der Waals surface area contributed by atoms with Gasteiger partial charge in [0.2, 0.25) is 0 Å². The molecule has 1 fully saturated rings. The van der Waals surface area contributed by atoms with Gasteiger partial charge in [0.25, 0.3) is 0 Å². The Bertz CT molecular complexity index is 396. The number of nitrogens with two attached hydrogens (primary N) is 1. The van der Waals surface area contributed by atoms with Crippen LogP contribution in [0.4, 0.5) is 0 Å². The molecule has 0 spiro atoms. The van der Waals surface area contributed by atoms with E-state index in [1.54, 1.807) is 0 Å². The van der Waals surface area contributed by atoms with E-state index in [1.807, 2.05) is 37.3 Å². The van der Waals surface area contributed by atoms with Crippen LogP contribution in [0.5, 0.6) is 0 Å². The van der Waals surface area contributed by atoms with Gasteiger partial charge < -0.3 is 10.5 Å². The summed E-state index contributed by atoms with van der Waals surface area (Å²) in [7, 11) is 0. The van der Waals surface area contributed by atoms with Gasteiger partial charge in [0, 0.05) is 0 Å². The van der Waals surface area contributed by atoms with Gasteiger partial charge >= 0.3 is 5.97 Å². The maximum atomic E-state index is 12.2. The van der Waals surface area contributed by atoms with Crippen molar-refractivity contribution in [2.75, 3.05) is 0 Å². The third kappa shape index (κ3) is 2.91. The lowest BCUT2D eigenvalue weighted by molar-refractivity contribution is -0.156. The quantitative estimate of drug-likeness (QED) is 0.835. The lowest BCUT2D eigenvalue weighted by atomic mass is 9.82. The van der Waals surface area contributed by atoms with E-state index in [-0.39, 0.29) is 12.1 Å². The minimum absolute atomic E-state index is 0.235. The molecule has 1 aromatic carbocycles. The number of esters is 1. The fourth-order valence-corrected chi connectivity index (χ4v) is 2.46. The molecule has 2 rings (SSSR count). The molecule has 1 aliphatic carbocycles. The summed E-state index contributed by atoms with van der Waals surface area (Å²) in [4.78, 5) is 12.2. The van der Waals surface area contributed by atoms with Crippen LogP contribution in [0, 0.1) is 0 Å². The van der Waals surface area contributed by atoms with E-state index in [2.05, 4.69) is 0 Å².